The molecule has 0 radical (unpaired) electrons. The minimum Gasteiger partial charge on any atom is -0.166 e. The summed E-state index contributed by atoms with van der Waals surface area (Å²) in [6, 6.07) is 0.556. The Bertz CT molecular complexity index is 423. The molecule has 1 aromatic rings. The summed E-state index contributed by atoms with van der Waals surface area (Å²) < 4.78 is 74.6. The lowest BCUT2D eigenvalue weighted by atomic mass is 10.1. The fraction of sp³-hybridized carbons (Fsp3) is 0.333. The summed E-state index contributed by atoms with van der Waals surface area (Å²) in [5.74, 6) is 0. The molecule has 8 heteroatoms. The van der Waals surface area contributed by atoms with Crippen LogP contribution in [0.2, 0.25) is 5.02 Å². The smallest absolute Gasteiger partial charge is 0.166 e. The first kappa shape index (κ1) is 14.5. The van der Waals surface area contributed by atoms with Crippen molar-refractivity contribution >= 4 is 23.4 Å². The van der Waals surface area contributed by atoms with Crippen LogP contribution >= 0.6 is 23.4 Å². The number of hydrogen-bond acceptors (Lipinski definition) is 1. The zero-order valence-electron chi connectivity index (χ0n) is 8.21. The van der Waals surface area contributed by atoms with E-state index in [1.807, 2.05) is 0 Å². The van der Waals surface area contributed by atoms with Crippen LogP contribution in [0.25, 0.3) is 0 Å². The first-order valence-electron chi connectivity index (χ1n) is 4.09. The molecule has 0 saturated heterocycles. The molecule has 0 aromatic heterocycles. The van der Waals surface area contributed by atoms with Crippen LogP contribution in [0.5, 0.6) is 0 Å². The summed E-state index contributed by atoms with van der Waals surface area (Å²) in [5, 5.41) is -0.556. The molecular formula is C9H5ClF6S. The van der Waals surface area contributed by atoms with Crippen molar-refractivity contribution in [3.05, 3.63) is 28.3 Å². The minimum absolute atomic E-state index is 0.0672. The Labute approximate surface area is 102 Å². The first-order chi connectivity index (χ1) is 7.57. The predicted octanol–water partition coefficient (Wildman–Crippen LogP) is 5.10. The highest BCUT2D eigenvalue weighted by molar-refractivity contribution is 7.98. The topological polar surface area (TPSA) is 0 Å². The van der Waals surface area contributed by atoms with Crippen molar-refractivity contribution < 1.29 is 26.3 Å². The molecule has 0 heterocycles. The summed E-state index contributed by atoms with van der Waals surface area (Å²) in [7, 11) is 0. The Kier molecular flexibility index (Phi) is 3.93. The Balaban J connectivity index is 3.51. The van der Waals surface area contributed by atoms with Crippen molar-refractivity contribution in [3.8, 4) is 0 Å². The molecule has 0 fully saturated rings. The summed E-state index contributed by atoms with van der Waals surface area (Å²) in [5.41, 5.74) is -2.78. The van der Waals surface area contributed by atoms with E-state index in [0.717, 1.165) is 0 Å². The van der Waals surface area contributed by atoms with Crippen LogP contribution < -0.4 is 0 Å². The fourth-order valence-corrected chi connectivity index (χ4v) is 2.27. The molecule has 1 rings (SSSR count). The molecule has 0 N–H and O–H groups in total. The third kappa shape index (κ3) is 3.22. The average Bonchev–Trinajstić information content (AvgIpc) is 2.13. The summed E-state index contributed by atoms with van der Waals surface area (Å²) >= 11 is 6.07. The Hall–Kier alpha value is -0.560. The van der Waals surface area contributed by atoms with E-state index in [2.05, 4.69) is 0 Å². The Morgan fingerprint density at radius 1 is 1.00 bits per heavy atom. The highest BCUT2D eigenvalue weighted by Crippen LogP contribution is 2.43. The van der Waals surface area contributed by atoms with Crippen molar-refractivity contribution in [2.24, 2.45) is 0 Å². The highest BCUT2D eigenvalue weighted by Gasteiger charge is 2.39. The summed E-state index contributed by atoms with van der Waals surface area (Å²) in [6.07, 6.45) is -8.42. The molecule has 96 valence electrons. The number of hydrogen-bond donors (Lipinski definition) is 0. The van der Waals surface area contributed by atoms with Gasteiger partial charge in [-0.25, -0.2) is 0 Å². The van der Waals surface area contributed by atoms with Gasteiger partial charge in [0.2, 0.25) is 0 Å². The number of rotatable bonds is 1. The van der Waals surface area contributed by atoms with E-state index >= 15 is 0 Å². The van der Waals surface area contributed by atoms with Gasteiger partial charge in [0.15, 0.2) is 0 Å². The van der Waals surface area contributed by atoms with Gasteiger partial charge in [-0.1, -0.05) is 11.6 Å². The second-order valence-corrected chi connectivity index (χ2v) is 4.26. The normalized spacial score (nSPS) is 12.9. The number of alkyl halides is 6. The van der Waals surface area contributed by atoms with Crippen molar-refractivity contribution in [2.75, 3.05) is 6.26 Å². The quantitative estimate of drug-likeness (QED) is 0.513. The Morgan fingerprint density at radius 2 is 1.53 bits per heavy atom. The maximum atomic E-state index is 12.5. The van der Waals surface area contributed by atoms with Crippen LogP contribution in [-0.2, 0) is 12.4 Å². The second kappa shape index (κ2) is 4.61. The van der Waals surface area contributed by atoms with Crippen molar-refractivity contribution in [1.29, 1.82) is 0 Å². The van der Waals surface area contributed by atoms with Crippen molar-refractivity contribution in [1.82, 2.24) is 0 Å². The van der Waals surface area contributed by atoms with E-state index in [4.69, 9.17) is 11.6 Å². The van der Waals surface area contributed by atoms with Gasteiger partial charge in [0.1, 0.15) is 0 Å². The van der Waals surface area contributed by atoms with Crippen LogP contribution in [0, 0.1) is 0 Å². The molecule has 17 heavy (non-hydrogen) atoms. The van der Waals surface area contributed by atoms with Crippen LogP contribution in [0.3, 0.4) is 0 Å². The van der Waals surface area contributed by atoms with Gasteiger partial charge in [-0.15, -0.1) is 11.8 Å². The molecule has 0 bridgehead atoms. The molecular weight excluding hydrogens is 290 g/mol. The minimum atomic E-state index is -4.87. The van der Waals surface area contributed by atoms with Gasteiger partial charge in [0.25, 0.3) is 0 Å². The third-order valence-corrected chi connectivity index (χ3v) is 3.14. The summed E-state index contributed by atoms with van der Waals surface area (Å²) in [4.78, 5) is -0.410. The van der Waals surface area contributed by atoms with Gasteiger partial charge in [-0.3, -0.25) is 0 Å². The largest absolute Gasteiger partial charge is 0.417 e. The first-order valence-corrected chi connectivity index (χ1v) is 5.69. The maximum absolute atomic E-state index is 12.5. The molecule has 0 unspecified atom stereocenters. The van der Waals surface area contributed by atoms with E-state index < -0.39 is 33.4 Å². The molecule has 0 atom stereocenters. The lowest BCUT2D eigenvalue weighted by molar-refractivity contribution is -0.144. The van der Waals surface area contributed by atoms with Gasteiger partial charge < -0.3 is 0 Å². The molecule has 0 amide bonds. The lowest BCUT2D eigenvalue weighted by Crippen LogP contribution is -2.12. The molecule has 0 aliphatic heterocycles. The van der Waals surface area contributed by atoms with E-state index in [9.17, 15) is 26.3 Å². The Morgan fingerprint density at radius 3 is 1.88 bits per heavy atom. The molecule has 1 aromatic carbocycles. The molecule has 0 spiro atoms. The standard InChI is InChI=1S/C9H5ClF6S/c1-17-7-5(9(14,15)16)2-4(3-6(7)10)8(11,12)13/h2-3H,1H3. The van der Waals surface area contributed by atoms with E-state index in [1.54, 1.807) is 0 Å². The zero-order valence-corrected chi connectivity index (χ0v) is 9.78. The summed E-state index contributed by atoms with van der Waals surface area (Å²) in [6.45, 7) is 0. The van der Waals surface area contributed by atoms with E-state index in [0.29, 0.717) is 17.8 Å². The SMILES string of the molecule is CSc1c(Cl)cc(C(F)(F)F)cc1C(F)(F)F. The van der Waals surface area contributed by atoms with E-state index in [-0.39, 0.29) is 6.07 Å². The monoisotopic (exact) mass is 294 g/mol. The van der Waals surface area contributed by atoms with Gasteiger partial charge >= 0.3 is 12.4 Å². The van der Waals surface area contributed by atoms with Gasteiger partial charge in [-0.2, -0.15) is 26.3 Å². The highest BCUT2D eigenvalue weighted by atomic mass is 35.5. The number of halogens is 7. The van der Waals surface area contributed by atoms with E-state index in [1.165, 1.54) is 6.26 Å². The van der Waals surface area contributed by atoms with Gasteiger partial charge in [0.05, 0.1) is 16.1 Å². The van der Waals surface area contributed by atoms with Crippen LogP contribution in [0.15, 0.2) is 17.0 Å². The molecule has 0 aliphatic rings. The number of benzene rings is 1. The second-order valence-electron chi connectivity index (χ2n) is 3.03. The van der Waals surface area contributed by atoms with Gasteiger partial charge in [0, 0.05) is 4.90 Å². The zero-order chi connectivity index (χ0) is 13.4. The molecule has 0 aliphatic carbocycles. The predicted molar refractivity (Wildman–Crippen MR) is 53.2 cm³/mol. The van der Waals surface area contributed by atoms with Crippen LogP contribution in [0.1, 0.15) is 11.1 Å². The van der Waals surface area contributed by atoms with Gasteiger partial charge in [-0.05, 0) is 18.4 Å². The average molecular weight is 295 g/mol. The number of thioether (sulfide) groups is 1. The van der Waals surface area contributed by atoms with Crippen molar-refractivity contribution in [3.63, 3.8) is 0 Å². The van der Waals surface area contributed by atoms with Crippen molar-refractivity contribution in [2.45, 2.75) is 17.2 Å². The lowest BCUT2D eigenvalue weighted by Gasteiger charge is -2.16. The molecule has 0 nitrogen and oxygen atoms in total. The third-order valence-electron chi connectivity index (χ3n) is 1.88. The van der Waals surface area contributed by atoms with Crippen LogP contribution in [0.4, 0.5) is 26.3 Å². The maximum Gasteiger partial charge on any atom is 0.417 e. The van der Waals surface area contributed by atoms with Crippen LogP contribution in [-0.4, -0.2) is 6.26 Å². The fourth-order valence-electron chi connectivity index (χ4n) is 1.18. The molecule has 0 saturated carbocycles.